The van der Waals surface area contributed by atoms with Crippen molar-refractivity contribution in [1.82, 2.24) is 15.1 Å². The largest absolute Gasteiger partial charge is 0.278 e. The predicted molar refractivity (Wildman–Crippen MR) is 76.0 cm³/mol. The van der Waals surface area contributed by atoms with Crippen LogP contribution in [0.4, 0.5) is 0 Å². The third-order valence-electron chi connectivity index (χ3n) is 7.21. The molecule has 6 rings (SSSR count). The Hall–Kier alpha value is -1.96. The molecule has 0 amide bonds. The van der Waals surface area contributed by atoms with Crippen molar-refractivity contribution in [3.05, 3.63) is 30.1 Å². The number of fused-ring (bicyclic) bond motifs is 14. The Morgan fingerprint density at radius 3 is 2.91 bits per heavy atom. The lowest BCUT2D eigenvalue weighted by Crippen LogP contribution is -2.64. The number of hydrogen-bond donors (Lipinski definition) is 0. The molecule has 1 aromatic heterocycles. The van der Waals surface area contributed by atoms with Crippen LogP contribution in [0.25, 0.3) is 0 Å². The van der Waals surface area contributed by atoms with E-state index in [1.807, 2.05) is 11.7 Å². The fourth-order valence-electron chi connectivity index (χ4n) is 6.68. The van der Waals surface area contributed by atoms with Crippen LogP contribution in [0.2, 0.25) is 0 Å². The lowest BCUT2D eigenvalue weighted by Gasteiger charge is -2.45. The zero-order valence-corrected chi connectivity index (χ0v) is 12.5. The van der Waals surface area contributed by atoms with Crippen LogP contribution in [0, 0.1) is 46.8 Å². The van der Waals surface area contributed by atoms with Crippen molar-refractivity contribution in [1.29, 1.82) is 5.26 Å². The van der Waals surface area contributed by atoms with Gasteiger partial charge in [-0.25, -0.2) is 0 Å². The first-order chi connectivity index (χ1) is 10.8. The Morgan fingerprint density at radius 2 is 2.05 bits per heavy atom. The van der Waals surface area contributed by atoms with E-state index in [0.717, 1.165) is 12.2 Å². The number of hydrogen-bond acceptors (Lipinski definition) is 3. The van der Waals surface area contributed by atoms with Crippen molar-refractivity contribution in [3.8, 4) is 6.07 Å². The standard InChI is InChI=1S/C17H18N5/c1-21-16-17(8-18)12-5-4-10(7-12)14(17)13-9-2-3-11(6-9)15(13)22(16)20-19-21/h2-5,9-15H,6-7H2,1H3/q+1/t9-,10-,11+,12+,13-,14-,15-,17-/m1/s1. The molecule has 0 saturated heterocycles. The molecule has 5 aliphatic rings. The van der Waals surface area contributed by atoms with Gasteiger partial charge in [0.1, 0.15) is 11.3 Å². The highest BCUT2D eigenvalue weighted by Crippen LogP contribution is 2.67. The van der Waals surface area contributed by atoms with Gasteiger partial charge in [0, 0.05) is 23.7 Å². The predicted octanol–water partition coefficient (Wildman–Crippen LogP) is 1.06. The first kappa shape index (κ1) is 11.6. The first-order valence-corrected chi connectivity index (χ1v) is 8.35. The lowest BCUT2D eigenvalue weighted by atomic mass is 9.58. The van der Waals surface area contributed by atoms with Gasteiger partial charge in [0.25, 0.3) is 5.82 Å². The number of aryl methyl sites for hydroxylation is 1. The normalized spacial score (nSPS) is 51.7. The zero-order valence-electron chi connectivity index (χ0n) is 12.5. The molecule has 0 aromatic carbocycles. The Balaban J connectivity index is 1.71. The molecule has 110 valence electrons. The van der Waals surface area contributed by atoms with E-state index in [4.69, 9.17) is 0 Å². The van der Waals surface area contributed by atoms with E-state index >= 15 is 0 Å². The van der Waals surface area contributed by atoms with E-state index < -0.39 is 5.41 Å². The van der Waals surface area contributed by atoms with Crippen LogP contribution < -0.4 is 4.68 Å². The summed E-state index contributed by atoms with van der Waals surface area (Å²) in [6.45, 7) is 0. The Kier molecular flexibility index (Phi) is 1.76. The average Bonchev–Trinajstić information content (AvgIpc) is 3.31. The molecule has 2 heterocycles. The first-order valence-electron chi connectivity index (χ1n) is 8.35. The van der Waals surface area contributed by atoms with Gasteiger partial charge in [-0.2, -0.15) is 5.26 Å². The van der Waals surface area contributed by atoms with Crippen molar-refractivity contribution < 1.29 is 4.68 Å². The van der Waals surface area contributed by atoms with E-state index in [2.05, 4.69) is 45.5 Å². The topological polar surface area (TPSA) is 58.4 Å². The minimum atomic E-state index is -0.419. The summed E-state index contributed by atoms with van der Waals surface area (Å²) >= 11 is 0. The third-order valence-corrected chi connectivity index (χ3v) is 7.21. The Labute approximate surface area is 128 Å². The van der Waals surface area contributed by atoms with E-state index in [1.54, 1.807) is 0 Å². The average molecular weight is 292 g/mol. The van der Waals surface area contributed by atoms with Crippen LogP contribution in [0.5, 0.6) is 0 Å². The molecule has 4 aliphatic carbocycles. The second kappa shape index (κ2) is 3.34. The fraction of sp³-hybridized carbons (Fsp3) is 0.647. The monoisotopic (exact) mass is 292 g/mol. The molecule has 0 radical (unpaired) electrons. The van der Waals surface area contributed by atoms with Gasteiger partial charge >= 0.3 is 0 Å². The molecule has 0 N–H and O–H groups in total. The number of allylic oxidation sites excluding steroid dienone is 4. The molecule has 2 fully saturated rings. The molecule has 1 aromatic rings. The van der Waals surface area contributed by atoms with E-state index in [9.17, 15) is 5.26 Å². The fourth-order valence-corrected chi connectivity index (χ4v) is 6.68. The van der Waals surface area contributed by atoms with Gasteiger partial charge in [0.2, 0.25) is 0 Å². The van der Waals surface area contributed by atoms with E-state index in [1.165, 1.54) is 6.42 Å². The highest BCUT2D eigenvalue weighted by Gasteiger charge is 2.72. The third kappa shape index (κ3) is 0.956. The van der Waals surface area contributed by atoms with Crippen molar-refractivity contribution in [3.63, 3.8) is 0 Å². The zero-order chi connectivity index (χ0) is 14.6. The van der Waals surface area contributed by atoms with Gasteiger partial charge in [0.05, 0.1) is 13.1 Å². The number of nitriles is 1. The van der Waals surface area contributed by atoms with Crippen LogP contribution in [-0.4, -0.2) is 15.1 Å². The molecular formula is C17H18N5+. The molecule has 2 saturated carbocycles. The molecule has 8 atom stereocenters. The Morgan fingerprint density at radius 1 is 1.23 bits per heavy atom. The molecule has 5 nitrogen and oxygen atoms in total. The summed E-state index contributed by atoms with van der Waals surface area (Å²) < 4.78 is 4.00. The SMILES string of the molecule is Cn1nn[n+]2c1[C@@]1(C#N)[C@@H]([C@@H]3[C@H]2[C@H]2C=C[C@@H]3C2)[C@@H]2C=C[C@H]1C2. The van der Waals surface area contributed by atoms with Gasteiger partial charge in [-0.05, 0) is 24.7 Å². The molecule has 4 bridgehead atoms. The van der Waals surface area contributed by atoms with Crippen molar-refractivity contribution in [2.75, 3.05) is 0 Å². The molecular weight excluding hydrogens is 274 g/mol. The molecule has 1 aliphatic heterocycles. The second-order valence-electron chi connectivity index (χ2n) is 7.78. The summed E-state index contributed by atoms with van der Waals surface area (Å²) in [7, 11) is 1.95. The summed E-state index contributed by atoms with van der Waals surface area (Å²) in [5.74, 6) is 4.16. The number of aromatic nitrogens is 4. The van der Waals surface area contributed by atoms with Crippen LogP contribution in [0.3, 0.4) is 0 Å². The molecule has 0 unspecified atom stereocenters. The Bertz CT molecular complexity index is 798. The van der Waals surface area contributed by atoms with Crippen LogP contribution in [-0.2, 0) is 12.5 Å². The van der Waals surface area contributed by atoms with Gasteiger partial charge < -0.3 is 0 Å². The summed E-state index contributed by atoms with van der Waals surface area (Å²) in [5, 5.41) is 19.1. The highest BCUT2D eigenvalue weighted by atomic mass is 15.6. The van der Waals surface area contributed by atoms with Gasteiger partial charge in [0.15, 0.2) is 10.6 Å². The molecule has 5 heteroatoms. The quantitative estimate of drug-likeness (QED) is 0.531. The maximum absolute atomic E-state index is 10.3. The van der Waals surface area contributed by atoms with E-state index in [-0.39, 0.29) is 0 Å². The smallest absolute Gasteiger partial charge is 0.197 e. The van der Waals surface area contributed by atoms with Crippen molar-refractivity contribution >= 4 is 0 Å². The van der Waals surface area contributed by atoms with Crippen LogP contribution >= 0.6 is 0 Å². The second-order valence-corrected chi connectivity index (χ2v) is 7.78. The van der Waals surface area contributed by atoms with Gasteiger partial charge in [-0.1, -0.05) is 29.0 Å². The number of nitrogens with zero attached hydrogens (tertiary/aromatic N) is 5. The maximum Gasteiger partial charge on any atom is 0.278 e. The molecule has 0 spiro atoms. The van der Waals surface area contributed by atoms with Crippen LogP contribution in [0.15, 0.2) is 24.3 Å². The lowest BCUT2D eigenvalue weighted by molar-refractivity contribution is -0.803. The van der Waals surface area contributed by atoms with Gasteiger partial charge in [-0.15, -0.1) is 4.68 Å². The number of rotatable bonds is 0. The van der Waals surface area contributed by atoms with E-state index in [0.29, 0.717) is 41.5 Å². The van der Waals surface area contributed by atoms with Crippen molar-refractivity contribution in [2.45, 2.75) is 24.3 Å². The minimum absolute atomic E-state index is 0.333. The summed E-state index contributed by atoms with van der Waals surface area (Å²) in [6, 6.07) is 3.18. The maximum atomic E-state index is 10.3. The number of tetrazole rings is 1. The van der Waals surface area contributed by atoms with Gasteiger partial charge in [-0.3, -0.25) is 0 Å². The summed E-state index contributed by atoms with van der Waals surface area (Å²) in [5.41, 5.74) is -0.419. The summed E-state index contributed by atoms with van der Waals surface area (Å²) in [6.07, 6.45) is 11.8. The summed E-state index contributed by atoms with van der Waals surface area (Å²) in [4.78, 5) is 0. The molecule has 22 heavy (non-hydrogen) atoms. The van der Waals surface area contributed by atoms with Crippen molar-refractivity contribution in [2.24, 2.45) is 42.6 Å². The minimum Gasteiger partial charge on any atom is -0.197 e. The highest BCUT2D eigenvalue weighted by molar-refractivity contribution is 5.38. The van der Waals surface area contributed by atoms with Crippen LogP contribution in [0.1, 0.15) is 24.7 Å².